The van der Waals surface area contributed by atoms with Crippen LogP contribution in [-0.2, 0) is 4.79 Å². The Morgan fingerprint density at radius 1 is 0.963 bits per heavy atom. The summed E-state index contributed by atoms with van der Waals surface area (Å²) in [5.74, 6) is -0.963. The minimum atomic E-state index is -0.523. The van der Waals surface area contributed by atoms with E-state index in [1.807, 2.05) is 18.2 Å². The second kappa shape index (κ2) is 9.67. The van der Waals surface area contributed by atoms with Crippen molar-refractivity contribution in [3.8, 4) is 0 Å². The first-order chi connectivity index (χ1) is 13.0. The van der Waals surface area contributed by atoms with Gasteiger partial charge in [-0.15, -0.1) is 0 Å². The highest BCUT2D eigenvalue weighted by molar-refractivity contribution is 6.68. The van der Waals surface area contributed by atoms with Gasteiger partial charge in [0.2, 0.25) is 5.91 Å². The van der Waals surface area contributed by atoms with Crippen molar-refractivity contribution in [2.75, 3.05) is 0 Å². The second-order valence-electron chi connectivity index (χ2n) is 5.53. The fourth-order valence-electron chi connectivity index (χ4n) is 2.17. The molecule has 0 aliphatic carbocycles. The van der Waals surface area contributed by atoms with E-state index in [-0.39, 0.29) is 24.3 Å². The summed E-state index contributed by atoms with van der Waals surface area (Å²) in [7, 11) is 0. The highest BCUT2D eigenvalue weighted by atomic mass is 16.1. The third-order valence-corrected chi connectivity index (χ3v) is 3.55. The summed E-state index contributed by atoms with van der Waals surface area (Å²) in [6.45, 7) is 0. The molecule has 0 unspecified atom stereocenters. The van der Waals surface area contributed by atoms with Gasteiger partial charge in [0, 0.05) is 30.8 Å². The van der Waals surface area contributed by atoms with Gasteiger partial charge in [-0.05, 0) is 36.4 Å². The SMILES string of the molecule is N=CCC(=Nc1ccccc1)C(=N)C(=O)CC=Nc1ccc(C(N)=O)cc1. The Balaban J connectivity index is 2.04. The number of Topliss-reactive ketones (excluding diaryl/α,β-unsaturated/α-hetero) is 1. The number of amides is 1. The first-order valence-corrected chi connectivity index (χ1v) is 8.17. The molecule has 4 N–H and O–H groups in total. The number of carbonyl (C=O) groups excluding carboxylic acids is 2. The van der Waals surface area contributed by atoms with E-state index < -0.39 is 11.7 Å². The molecule has 136 valence electrons. The number of aliphatic imine (C=N–C) groups is 2. The minimum Gasteiger partial charge on any atom is -0.366 e. The topological polar surface area (TPSA) is 133 Å². The number of hydrogen-bond donors (Lipinski definition) is 3. The number of nitrogens with zero attached hydrogens (tertiary/aromatic N) is 2. The van der Waals surface area contributed by atoms with Crippen LogP contribution in [0, 0.1) is 10.8 Å². The molecule has 0 aromatic heterocycles. The van der Waals surface area contributed by atoms with E-state index in [9.17, 15) is 9.59 Å². The van der Waals surface area contributed by atoms with Crippen LogP contribution < -0.4 is 5.73 Å². The maximum atomic E-state index is 12.3. The van der Waals surface area contributed by atoms with Gasteiger partial charge in [-0.25, -0.2) is 0 Å². The van der Waals surface area contributed by atoms with Crippen molar-refractivity contribution in [3.63, 3.8) is 0 Å². The molecule has 27 heavy (non-hydrogen) atoms. The Bertz CT molecular complexity index is 900. The van der Waals surface area contributed by atoms with Gasteiger partial charge in [0.15, 0.2) is 5.78 Å². The second-order valence-corrected chi connectivity index (χ2v) is 5.53. The van der Waals surface area contributed by atoms with Gasteiger partial charge in [-0.3, -0.25) is 25.0 Å². The molecule has 0 spiro atoms. The van der Waals surface area contributed by atoms with Crippen molar-refractivity contribution in [1.82, 2.24) is 0 Å². The van der Waals surface area contributed by atoms with Gasteiger partial charge in [-0.1, -0.05) is 18.2 Å². The zero-order valence-electron chi connectivity index (χ0n) is 14.6. The van der Waals surface area contributed by atoms with E-state index in [0.29, 0.717) is 16.9 Å². The molecule has 7 nitrogen and oxygen atoms in total. The highest BCUT2D eigenvalue weighted by Gasteiger charge is 2.14. The van der Waals surface area contributed by atoms with Crippen molar-refractivity contribution in [2.45, 2.75) is 12.8 Å². The van der Waals surface area contributed by atoms with Crippen molar-refractivity contribution < 1.29 is 9.59 Å². The molecule has 0 atom stereocenters. The molecule has 0 aliphatic heterocycles. The van der Waals surface area contributed by atoms with Gasteiger partial charge in [0.1, 0.15) is 5.71 Å². The lowest BCUT2D eigenvalue weighted by Crippen LogP contribution is -2.23. The van der Waals surface area contributed by atoms with Crippen molar-refractivity contribution >= 4 is 46.9 Å². The summed E-state index contributed by atoms with van der Waals surface area (Å²) in [4.78, 5) is 31.7. The molecular formula is C20H19N5O2. The molecule has 0 heterocycles. The molecule has 0 saturated carbocycles. The fraction of sp³-hybridized carbons (Fsp3) is 0.100. The lowest BCUT2D eigenvalue weighted by atomic mass is 10.1. The van der Waals surface area contributed by atoms with Crippen LogP contribution in [0.15, 0.2) is 64.6 Å². The first-order valence-electron chi connectivity index (χ1n) is 8.17. The van der Waals surface area contributed by atoms with E-state index in [0.717, 1.165) is 6.21 Å². The number of rotatable bonds is 9. The summed E-state index contributed by atoms with van der Waals surface area (Å²) < 4.78 is 0. The van der Waals surface area contributed by atoms with E-state index >= 15 is 0 Å². The Kier molecular flexibility index (Phi) is 7.01. The molecule has 0 radical (unpaired) electrons. The van der Waals surface area contributed by atoms with E-state index in [1.165, 1.54) is 6.21 Å². The summed E-state index contributed by atoms with van der Waals surface area (Å²) in [5.41, 5.74) is 6.73. The monoisotopic (exact) mass is 361 g/mol. The summed E-state index contributed by atoms with van der Waals surface area (Å²) in [6.07, 6.45) is 2.55. The van der Waals surface area contributed by atoms with Gasteiger partial charge in [-0.2, -0.15) is 0 Å². The van der Waals surface area contributed by atoms with Gasteiger partial charge >= 0.3 is 0 Å². The number of benzene rings is 2. The van der Waals surface area contributed by atoms with Crippen molar-refractivity contribution in [3.05, 3.63) is 60.2 Å². The number of hydrogen-bond acceptors (Lipinski definition) is 6. The number of ketones is 1. The zero-order valence-corrected chi connectivity index (χ0v) is 14.6. The standard InChI is InChI=1S/C20H19N5O2/c21-12-10-17(25-16-4-2-1-3-5-16)19(22)18(26)11-13-24-15-8-6-14(7-9-15)20(23)27/h1-9,12-13,21-22H,10-11H2,(H2,23,27). The Morgan fingerprint density at radius 2 is 1.63 bits per heavy atom. The number of para-hydroxylation sites is 1. The molecule has 2 aromatic rings. The smallest absolute Gasteiger partial charge is 0.248 e. The van der Waals surface area contributed by atoms with Gasteiger partial charge in [0.05, 0.1) is 17.1 Å². The average Bonchev–Trinajstić information content (AvgIpc) is 2.68. The van der Waals surface area contributed by atoms with E-state index in [2.05, 4.69) is 9.98 Å². The van der Waals surface area contributed by atoms with Crippen LogP contribution in [0.1, 0.15) is 23.2 Å². The Morgan fingerprint density at radius 3 is 2.22 bits per heavy atom. The first kappa shape index (κ1) is 19.6. The predicted molar refractivity (Wildman–Crippen MR) is 107 cm³/mol. The fourth-order valence-corrected chi connectivity index (χ4v) is 2.17. The van der Waals surface area contributed by atoms with Crippen LogP contribution >= 0.6 is 0 Å². The number of carbonyl (C=O) groups is 2. The maximum Gasteiger partial charge on any atom is 0.248 e. The lowest BCUT2D eigenvalue weighted by Gasteiger charge is -2.04. The van der Waals surface area contributed by atoms with E-state index in [1.54, 1.807) is 36.4 Å². The zero-order chi connectivity index (χ0) is 19.6. The average molecular weight is 361 g/mol. The van der Waals surface area contributed by atoms with Crippen LogP contribution in [0.3, 0.4) is 0 Å². The van der Waals surface area contributed by atoms with Crippen LogP contribution in [-0.4, -0.2) is 35.5 Å². The highest BCUT2D eigenvalue weighted by Crippen LogP contribution is 2.13. The summed E-state index contributed by atoms with van der Waals surface area (Å²) >= 11 is 0. The molecular weight excluding hydrogens is 342 g/mol. The molecule has 2 aromatic carbocycles. The van der Waals surface area contributed by atoms with Crippen molar-refractivity contribution in [1.29, 1.82) is 10.8 Å². The largest absolute Gasteiger partial charge is 0.366 e. The maximum absolute atomic E-state index is 12.3. The van der Waals surface area contributed by atoms with Crippen LogP contribution in [0.25, 0.3) is 0 Å². The lowest BCUT2D eigenvalue weighted by molar-refractivity contribution is -0.111. The molecule has 1 amide bonds. The minimum absolute atomic E-state index is 0.0672. The molecule has 2 rings (SSSR count). The molecule has 0 fully saturated rings. The number of nitrogens with one attached hydrogen (secondary N) is 2. The molecule has 0 saturated heterocycles. The van der Waals surface area contributed by atoms with Gasteiger partial charge < -0.3 is 11.1 Å². The Hall–Kier alpha value is -3.74. The summed E-state index contributed by atoms with van der Waals surface area (Å²) in [6, 6.07) is 15.3. The third kappa shape index (κ3) is 5.93. The van der Waals surface area contributed by atoms with Gasteiger partial charge in [0.25, 0.3) is 0 Å². The van der Waals surface area contributed by atoms with E-state index in [4.69, 9.17) is 16.6 Å². The molecule has 0 aliphatic rings. The van der Waals surface area contributed by atoms with Crippen LogP contribution in [0.5, 0.6) is 0 Å². The number of primary amides is 1. The van der Waals surface area contributed by atoms with Crippen LogP contribution in [0.2, 0.25) is 0 Å². The Labute approximate surface area is 156 Å². The normalized spacial score (nSPS) is 11.3. The summed E-state index contributed by atoms with van der Waals surface area (Å²) in [5, 5.41) is 15.3. The quantitative estimate of drug-likeness (QED) is 0.591. The van der Waals surface area contributed by atoms with Crippen molar-refractivity contribution in [2.24, 2.45) is 15.7 Å². The van der Waals surface area contributed by atoms with Crippen LogP contribution in [0.4, 0.5) is 11.4 Å². The molecule has 0 bridgehead atoms. The molecule has 7 heteroatoms. The predicted octanol–water partition coefficient (Wildman–Crippen LogP) is 3.28. The number of nitrogens with two attached hydrogens (primary N) is 1. The third-order valence-electron chi connectivity index (χ3n) is 3.55.